The molecule has 0 aromatic heterocycles. The molecule has 1 amide bonds. The van der Waals surface area contributed by atoms with Crippen LogP contribution in [0.1, 0.15) is 25.0 Å². The predicted molar refractivity (Wildman–Crippen MR) is 111 cm³/mol. The van der Waals surface area contributed by atoms with Crippen molar-refractivity contribution < 1.29 is 9.53 Å². The number of ether oxygens (including phenoxy) is 1. The quantitative estimate of drug-likeness (QED) is 0.386. The van der Waals surface area contributed by atoms with E-state index in [1.165, 1.54) is 11.1 Å². The van der Waals surface area contributed by atoms with Crippen LogP contribution in [0.4, 0.5) is 0 Å². The molecule has 1 aliphatic rings. The van der Waals surface area contributed by atoms with E-state index < -0.39 is 0 Å². The van der Waals surface area contributed by atoms with E-state index >= 15 is 0 Å². The van der Waals surface area contributed by atoms with Crippen molar-refractivity contribution in [3.05, 3.63) is 35.4 Å². The zero-order valence-electron chi connectivity index (χ0n) is 15.2. The smallest absolute Gasteiger partial charge is 0.244 e. The number of fused-ring (bicyclic) bond motifs is 1. The third-order valence-corrected chi connectivity index (χ3v) is 4.00. The highest BCUT2D eigenvalue weighted by atomic mass is 127. The average molecular weight is 460 g/mol. The summed E-state index contributed by atoms with van der Waals surface area (Å²) < 4.78 is 5.12. The fourth-order valence-electron chi connectivity index (χ4n) is 2.80. The summed E-state index contributed by atoms with van der Waals surface area (Å²) in [6, 6.07) is 8.44. The van der Waals surface area contributed by atoms with E-state index in [0.717, 1.165) is 19.5 Å². The fraction of sp³-hybridized carbons (Fsp3) is 0.556. The Morgan fingerprint density at radius 3 is 2.76 bits per heavy atom. The predicted octanol–water partition coefficient (Wildman–Crippen LogP) is 1.78. The van der Waals surface area contributed by atoms with Crippen molar-refractivity contribution in [2.75, 3.05) is 33.4 Å². The van der Waals surface area contributed by atoms with Crippen LogP contribution in [-0.2, 0) is 22.5 Å². The van der Waals surface area contributed by atoms with Gasteiger partial charge < -0.3 is 20.3 Å². The summed E-state index contributed by atoms with van der Waals surface area (Å²) in [5.41, 5.74) is 2.58. The Kier molecular flexibility index (Phi) is 9.81. The number of methoxy groups -OCH3 is 1. The summed E-state index contributed by atoms with van der Waals surface area (Å²) >= 11 is 0. The molecule has 1 aliphatic heterocycles. The maximum absolute atomic E-state index is 12.5. The molecule has 7 heteroatoms. The van der Waals surface area contributed by atoms with Crippen LogP contribution in [0.25, 0.3) is 0 Å². The van der Waals surface area contributed by atoms with Gasteiger partial charge >= 0.3 is 0 Å². The summed E-state index contributed by atoms with van der Waals surface area (Å²) in [4.78, 5) is 18.8. The number of guanidine groups is 1. The summed E-state index contributed by atoms with van der Waals surface area (Å²) in [5.74, 6) is 0.703. The Labute approximate surface area is 167 Å². The van der Waals surface area contributed by atoms with Crippen LogP contribution in [-0.4, -0.2) is 56.2 Å². The number of nitrogens with zero attached hydrogens (tertiary/aromatic N) is 2. The molecule has 0 radical (unpaired) electrons. The van der Waals surface area contributed by atoms with E-state index in [1.807, 2.05) is 24.8 Å². The number of aliphatic imine (C=N–C) groups is 1. The lowest BCUT2D eigenvalue weighted by Crippen LogP contribution is -2.45. The van der Waals surface area contributed by atoms with Gasteiger partial charge in [0, 0.05) is 32.8 Å². The molecular weight excluding hydrogens is 431 g/mol. The number of amides is 1. The third kappa shape index (κ3) is 6.81. The Balaban J connectivity index is 0.00000312. The molecule has 0 saturated carbocycles. The summed E-state index contributed by atoms with van der Waals surface area (Å²) in [5, 5.41) is 6.39. The van der Waals surface area contributed by atoms with Gasteiger partial charge in [0.2, 0.25) is 5.91 Å². The molecule has 0 spiro atoms. The van der Waals surface area contributed by atoms with Gasteiger partial charge in [0.15, 0.2) is 5.96 Å². The Morgan fingerprint density at radius 1 is 1.36 bits per heavy atom. The normalized spacial score (nSPS) is 15.0. The molecule has 140 valence electrons. The SMILES string of the molecule is CCNC(=NCC(=O)N1CCc2ccccc2C1)NC(C)COC.I. The van der Waals surface area contributed by atoms with Gasteiger partial charge in [-0.2, -0.15) is 0 Å². The molecule has 0 fully saturated rings. The van der Waals surface area contributed by atoms with Gasteiger partial charge in [-0.05, 0) is 31.4 Å². The number of carbonyl (C=O) groups is 1. The minimum atomic E-state index is 0. The van der Waals surface area contributed by atoms with Gasteiger partial charge in [-0.3, -0.25) is 4.79 Å². The van der Waals surface area contributed by atoms with Crippen molar-refractivity contribution in [1.82, 2.24) is 15.5 Å². The lowest BCUT2D eigenvalue weighted by atomic mass is 10.00. The number of hydrogen-bond acceptors (Lipinski definition) is 3. The molecule has 1 aromatic rings. The van der Waals surface area contributed by atoms with Crippen LogP contribution in [0.15, 0.2) is 29.3 Å². The molecule has 2 rings (SSSR count). The topological polar surface area (TPSA) is 66.0 Å². The molecule has 1 heterocycles. The van der Waals surface area contributed by atoms with E-state index in [-0.39, 0.29) is 42.5 Å². The largest absolute Gasteiger partial charge is 0.383 e. The number of rotatable bonds is 6. The second-order valence-electron chi connectivity index (χ2n) is 6.03. The van der Waals surface area contributed by atoms with Crippen molar-refractivity contribution in [1.29, 1.82) is 0 Å². The first-order valence-corrected chi connectivity index (χ1v) is 8.52. The van der Waals surface area contributed by atoms with Crippen LogP contribution in [0.3, 0.4) is 0 Å². The highest BCUT2D eigenvalue weighted by molar-refractivity contribution is 14.0. The zero-order chi connectivity index (χ0) is 17.4. The number of carbonyl (C=O) groups excluding carboxylic acids is 1. The second-order valence-corrected chi connectivity index (χ2v) is 6.03. The molecular formula is C18H29IN4O2. The van der Waals surface area contributed by atoms with Crippen molar-refractivity contribution >= 4 is 35.8 Å². The van der Waals surface area contributed by atoms with Gasteiger partial charge in [0.05, 0.1) is 6.61 Å². The van der Waals surface area contributed by atoms with Crippen molar-refractivity contribution in [2.24, 2.45) is 4.99 Å². The highest BCUT2D eigenvalue weighted by Crippen LogP contribution is 2.18. The van der Waals surface area contributed by atoms with Crippen molar-refractivity contribution in [3.8, 4) is 0 Å². The first-order valence-electron chi connectivity index (χ1n) is 8.52. The van der Waals surface area contributed by atoms with E-state index in [4.69, 9.17) is 4.74 Å². The minimum Gasteiger partial charge on any atom is -0.383 e. The van der Waals surface area contributed by atoms with Gasteiger partial charge in [0.25, 0.3) is 0 Å². The first kappa shape index (κ1) is 21.7. The molecule has 0 bridgehead atoms. The first-order chi connectivity index (χ1) is 11.6. The fourth-order valence-corrected chi connectivity index (χ4v) is 2.80. The molecule has 6 nitrogen and oxygen atoms in total. The second kappa shape index (κ2) is 11.3. The maximum Gasteiger partial charge on any atom is 0.244 e. The lowest BCUT2D eigenvalue weighted by Gasteiger charge is -2.28. The highest BCUT2D eigenvalue weighted by Gasteiger charge is 2.20. The zero-order valence-corrected chi connectivity index (χ0v) is 17.6. The van der Waals surface area contributed by atoms with Gasteiger partial charge in [-0.15, -0.1) is 24.0 Å². The average Bonchev–Trinajstić information content (AvgIpc) is 2.59. The molecule has 25 heavy (non-hydrogen) atoms. The molecule has 0 saturated heterocycles. The third-order valence-electron chi connectivity index (χ3n) is 4.00. The molecule has 1 unspecified atom stereocenters. The van der Waals surface area contributed by atoms with Gasteiger partial charge in [-0.25, -0.2) is 4.99 Å². The van der Waals surface area contributed by atoms with Crippen molar-refractivity contribution in [3.63, 3.8) is 0 Å². The number of benzene rings is 1. The van der Waals surface area contributed by atoms with Crippen LogP contribution in [0.5, 0.6) is 0 Å². The lowest BCUT2D eigenvalue weighted by molar-refractivity contribution is -0.130. The minimum absolute atomic E-state index is 0. The monoisotopic (exact) mass is 460 g/mol. The summed E-state index contributed by atoms with van der Waals surface area (Å²) in [6.07, 6.45) is 0.912. The van der Waals surface area contributed by atoms with Gasteiger partial charge in [0.1, 0.15) is 6.54 Å². The van der Waals surface area contributed by atoms with Gasteiger partial charge in [-0.1, -0.05) is 24.3 Å². The molecule has 2 N–H and O–H groups in total. The maximum atomic E-state index is 12.5. The van der Waals surface area contributed by atoms with E-state index in [2.05, 4.69) is 33.8 Å². The molecule has 1 atom stereocenters. The van der Waals surface area contributed by atoms with Crippen LogP contribution in [0, 0.1) is 0 Å². The van der Waals surface area contributed by atoms with Crippen LogP contribution >= 0.6 is 24.0 Å². The van der Waals surface area contributed by atoms with E-state index in [0.29, 0.717) is 19.1 Å². The Bertz CT molecular complexity index is 580. The standard InChI is InChI=1S/C18H28N4O2.HI/c1-4-19-18(21-14(2)13-24-3)20-11-17(23)22-10-9-15-7-5-6-8-16(15)12-22;/h5-8,14H,4,9-13H2,1-3H3,(H2,19,20,21);1H. The molecule has 0 aliphatic carbocycles. The van der Waals surface area contributed by atoms with Crippen molar-refractivity contribution in [2.45, 2.75) is 32.9 Å². The van der Waals surface area contributed by atoms with Crippen LogP contribution in [0.2, 0.25) is 0 Å². The Morgan fingerprint density at radius 2 is 2.08 bits per heavy atom. The number of hydrogen-bond donors (Lipinski definition) is 2. The Hall–Kier alpha value is -1.35. The summed E-state index contributed by atoms with van der Waals surface area (Å²) in [7, 11) is 1.67. The van der Waals surface area contributed by atoms with Crippen LogP contribution < -0.4 is 10.6 Å². The molecule has 1 aromatic carbocycles. The van der Waals surface area contributed by atoms with E-state index in [9.17, 15) is 4.79 Å². The number of nitrogens with one attached hydrogen (secondary N) is 2. The summed E-state index contributed by atoms with van der Waals surface area (Å²) in [6.45, 7) is 6.93. The number of halogens is 1. The van der Waals surface area contributed by atoms with E-state index in [1.54, 1.807) is 7.11 Å².